The smallest absolute Gasteiger partial charge is 0.261 e. The molecule has 2 aromatic rings. The van der Waals surface area contributed by atoms with Crippen molar-refractivity contribution in [3.05, 3.63) is 76.5 Å². The molecule has 5 nitrogen and oxygen atoms in total. The van der Waals surface area contributed by atoms with Gasteiger partial charge in [0.1, 0.15) is 17.7 Å². The number of allylic oxidation sites excluding steroid dienone is 3. The van der Waals surface area contributed by atoms with E-state index in [4.69, 9.17) is 16.3 Å². The molecule has 0 aliphatic heterocycles. The number of hydrogen-bond acceptors (Lipinski definition) is 4. The number of amides is 1. The predicted molar refractivity (Wildman–Crippen MR) is 130 cm³/mol. The minimum absolute atomic E-state index is 0.00775. The lowest BCUT2D eigenvalue weighted by Gasteiger charge is -2.24. The normalized spacial score (nSPS) is 16.6. The summed E-state index contributed by atoms with van der Waals surface area (Å²) in [6, 6.07) is 11.5. The Hall–Kier alpha value is -2.64. The van der Waals surface area contributed by atoms with Gasteiger partial charge in [-0.3, -0.25) is 4.79 Å². The highest BCUT2D eigenvalue weighted by Gasteiger charge is 2.24. The molecule has 0 heterocycles. The van der Waals surface area contributed by atoms with E-state index in [0.717, 1.165) is 11.8 Å². The molecule has 33 heavy (non-hydrogen) atoms. The molecule has 1 aliphatic carbocycles. The Labute approximate surface area is 199 Å². The summed E-state index contributed by atoms with van der Waals surface area (Å²) in [6.45, 7) is 6.12. The van der Waals surface area contributed by atoms with Crippen molar-refractivity contribution in [1.29, 1.82) is 0 Å². The largest absolute Gasteiger partial charge is 0.455 e. The Morgan fingerprint density at radius 2 is 1.88 bits per heavy atom. The highest BCUT2D eigenvalue weighted by atomic mass is 35.5. The Morgan fingerprint density at radius 1 is 1.18 bits per heavy atom. The van der Waals surface area contributed by atoms with Gasteiger partial charge in [-0.2, -0.15) is 0 Å². The van der Waals surface area contributed by atoms with Gasteiger partial charge in [0.15, 0.2) is 9.84 Å². The first-order valence-corrected chi connectivity index (χ1v) is 12.7. The minimum Gasteiger partial charge on any atom is -0.455 e. The van der Waals surface area contributed by atoms with Gasteiger partial charge in [-0.05, 0) is 53.5 Å². The van der Waals surface area contributed by atoms with E-state index < -0.39 is 21.9 Å². The Kier molecular flexibility index (Phi) is 7.05. The van der Waals surface area contributed by atoms with Crippen molar-refractivity contribution in [1.82, 2.24) is 0 Å². The van der Waals surface area contributed by atoms with Gasteiger partial charge in [0.2, 0.25) is 0 Å². The zero-order chi connectivity index (χ0) is 24.6. The number of nitrogens with zero attached hydrogens (tertiary/aromatic N) is 1. The van der Waals surface area contributed by atoms with E-state index in [9.17, 15) is 17.6 Å². The summed E-state index contributed by atoms with van der Waals surface area (Å²) < 4.78 is 43.5. The van der Waals surface area contributed by atoms with Gasteiger partial charge in [-0.25, -0.2) is 12.8 Å². The predicted octanol–water partition coefficient (Wildman–Crippen LogP) is 5.79. The van der Waals surface area contributed by atoms with Crippen molar-refractivity contribution in [3.8, 4) is 5.75 Å². The van der Waals surface area contributed by atoms with Crippen molar-refractivity contribution in [3.63, 3.8) is 0 Å². The molecule has 3 rings (SSSR count). The van der Waals surface area contributed by atoms with Crippen LogP contribution < -0.4 is 9.64 Å². The lowest BCUT2D eigenvalue weighted by molar-refractivity contribution is 0.0990. The maximum absolute atomic E-state index is 13.6. The topological polar surface area (TPSA) is 63.7 Å². The number of rotatable bonds is 5. The van der Waals surface area contributed by atoms with Crippen LogP contribution in [0.3, 0.4) is 0 Å². The number of anilines is 1. The second-order valence-corrected chi connectivity index (χ2v) is 11.5. The SMILES string of the molecule is CN(C(=O)c1ccc(C(C)(C)C)cc1OC1=C(Cl)CC(F)C=C1)c1cccc(S(C)(=O)=O)c1. The molecule has 2 aromatic carbocycles. The number of hydrogen-bond donors (Lipinski definition) is 0. The van der Waals surface area contributed by atoms with Crippen LogP contribution in [0.5, 0.6) is 5.75 Å². The summed E-state index contributed by atoms with van der Waals surface area (Å²) in [5, 5.41) is 0.235. The molecule has 0 radical (unpaired) electrons. The maximum atomic E-state index is 13.6. The van der Waals surface area contributed by atoms with E-state index in [1.165, 1.54) is 29.2 Å². The number of sulfone groups is 1. The molecule has 0 aromatic heterocycles. The molecule has 0 fully saturated rings. The van der Waals surface area contributed by atoms with Crippen molar-refractivity contribution >= 4 is 33.0 Å². The minimum atomic E-state index is -3.43. The lowest BCUT2D eigenvalue weighted by Crippen LogP contribution is -2.27. The standard InChI is InChI=1S/C25H27ClFNO4S/c1-25(2,3)16-9-11-20(23(13-16)32-22-12-10-17(27)14-21(22)26)24(29)28(4)18-7-6-8-19(15-18)33(5,30)31/h6-13,15,17H,14H2,1-5H3. The molecule has 176 valence electrons. The second kappa shape index (κ2) is 9.31. The Morgan fingerprint density at radius 3 is 2.48 bits per heavy atom. The number of ether oxygens (including phenoxy) is 1. The third-order valence-corrected chi connectivity index (χ3v) is 6.78. The van der Waals surface area contributed by atoms with E-state index in [1.807, 2.05) is 26.8 Å². The third kappa shape index (κ3) is 5.84. The number of carbonyl (C=O) groups is 1. The quantitative estimate of drug-likeness (QED) is 0.531. The van der Waals surface area contributed by atoms with Crippen molar-refractivity contribution in [2.24, 2.45) is 0 Å². The zero-order valence-corrected chi connectivity index (χ0v) is 20.8. The molecule has 1 aliphatic rings. The van der Waals surface area contributed by atoms with Crippen molar-refractivity contribution in [2.75, 3.05) is 18.2 Å². The molecule has 0 saturated carbocycles. The van der Waals surface area contributed by atoms with Crippen LogP contribution in [0.1, 0.15) is 43.1 Å². The molecule has 1 amide bonds. The van der Waals surface area contributed by atoms with E-state index in [0.29, 0.717) is 5.69 Å². The van der Waals surface area contributed by atoms with Crippen molar-refractivity contribution < 1.29 is 22.3 Å². The average Bonchev–Trinajstić information content (AvgIpc) is 2.73. The van der Waals surface area contributed by atoms with Crippen LogP contribution in [-0.4, -0.2) is 33.8 Å². The van der Waals surface area contributed by atoms with Gasteiger partial charge in [0.25, 0.3) is 5.91 Å². The van der Waals surface area contributed by atoms with E-state index in [2.05, 4.69) is 0 Å². The first-order valence-electron chi connectivity index (χ1n) is 10.4. The summed E-state index contributed by atoms with van der Waals surface area (Å²) in [5.74, 6) is 0.178. The van der Waals surface area contributed by atoms with Crippen LogP contribution in [0.4, 0.5) is 10.1 Å². The highest BCUT2D eigenvalue weighted by Crippen LogP contribution is 2.34. The van der Waals surface area contributed by atoms with Gasteiger partial charge in [0.05, 0.1) is 15.5 Å². The lowest BCUT2D eigenvalue weighted by atomic mass is 9.86. The van der Waals surface area contributed by atoms with Crippen LogP contribution in [0, 0.1) is 0 Å². The van der Waals surface area contributed by atoms with Gasteiger partial charge >= 0.3 is 0 Å². The van der Waals surface area contributed by atoms with Crippen molar-refractivity contribution in [2.45, 2.75) is 43.7 Å². The van der Waals surface area contributed by atoms with Gasteiger partial charge in [-0.1, -0.05) is 44.5 Å². The molecular weight excluding hydrogens is 465 g/mol. The summed E-state index contributed by atoms with van der Waals surface area (Å²) in [6.07, 6.45) is 2.77. The van der Waals surface area contributed by atoms with E-state index in [1.54, 1.807) is 31.3 Å². The Balaban J connectivity index is 2.04. The fourth-order valence-corrected chi connectivity index (χ4v) is 4.21. The van der Waals surface area contributed by atoms with Crippen LogP contribution in [-0.2, 0) is 15.3 Å². The number of alkyl halides is 1. The summed E-state index contributed by atoms with van der Waals surface area (Å²) in [5.41, 5.74) is 1.42. The molecule has 0 spiro atoms. The zero-order valence-electron chi connectivity index (χ0n) is 19.2. The number of carbonyl (C=O) groups excluding carboxylic acids is 1. The van der Waals surface area contributed by atoms with E-state index >= 15 is 0 Å². The Bertz CT molecular complexity index is 1250. The third-order valence-electron chi connectivity index (χ3n) is 5.33. The van der Waals surface area contributed by atoms with E-state index in [-0.39, 0.29) is 38.8 Å². The molecule has 8 heteroatoms. The summed E-state index contributed by atoms with van der Waals surface area (Å²) in [7, 11) is -1.87. The monoisotopic (exact) mass is 491 g/mol. The molecule has 1 unspecified atom stereocenters. The summed E-state index contributed by atoms with van der Waals surface area (Å²) in [4.78, 5) is 14.9. The fourth-order valence-electron chi connectivity index (χ4n) is 3.30. The second-order valence-electron chi connectivity index (χ2n) is 9.05. The van der Waals surface area contributed by atoms with Crippen LogP contribution >= 0.6 is 11.6 Å². The highest BCUT2D eigenvalue weighted by molar-refractivity contribution is 7.90. The number of halogens is 2. The molecule has 0 N–H and O–H groups in total. The molecule has 0 saturated heterocycles. The fraction of sp³-hybridized carbons (Fsp3) is 0.320. The van der Waals surface area contributed by atoms with Gasteiger partial charge < -0.3 is 9.64 Å². The van der Waals surface area contributed by atoms with Crippen LogP contribution in [0.15, 0.2) is 70.3 Å². The average molecular weight is 492 g/mol. The van der Waals surface area contributed by atoms with Gasteiger partial charge in [-0.15, -0.1) is 0 Å². The summed E-state index contributed by atoms with van der Waals surface area (Å²) >= 11 is 6.22. The van der Waals surface area contributed by atoms with Crippen LogP contribution in [0.2, 0.25) is 0 Å². The molecular formula is C25H27ClFNO4S. The van der Waals surface area contributed by atoms with Crippen LogP contribution in [0.25, 0.3) is 0 Å². The first-order chi connectivity index (χ1) is 15.3. The maximum Gasteiger partial charge on any atom is 0.261 e. The number of benzene rings is 2. The first kappa shape index (κ1) is 25.0. The van der Waals surface area contributed by atoms with Gasteiger partial charge in [0, 0.05) is 25.4 Å². The molecule has 0 bridgehead atoms. The molecule has 1 atom stereocenters.